The predicted octanol–water partition coefficient (Wildman–Crippen LogP) is 3.36. The summed E-state index contributed by atoms with van der Waals surface area (Å²) in [5.41, 5.74) is 3.30. The third-order valence-electron chi connectivity index (χ3n) is 4.55. The molecule has 5 nitrogen and oxygen atoms in total. The number of anilines is 1. The molecule has 3 rings (SSSR count). The lowest BCUT2D eigenvalue weighted by Crippen LogP contribution is -2.24. The fourth-order valence-corrected chi connectivity index (χ4v) is 3.07. The number of nitrogens with zero attached hydrogens (tertiary/aromatic N) is 3. The maximum Gasteiger partial charge on any atom is 0.246 e. The maximum absolute atomic E-state index is 12.3. The summed E-state index contributed by atoms with van der Waals surface area (Å²) in [5.74, 6) is 0.0479. The number of rotatable bonds is 5. The molecule has 0 unspecified atom stereocenters. The Labute approximate surface area is 159 Å². The van der Waals surface area contributed by atoms with Gasteiger partial charge in [0.2, 0.25) is 11.8 Å². The molecular formula is C22H21N3O2. The number of likely N-dealkylation sites (N-methyl/N-ethyl adjacent to an activating group) is 1. The van der Waals surface area contributed by atoms with E-state index in [4.69, 9.17) is 5.26 Å². The first-order chi connectivity index (χ1) is 13.1. The van der Waals surface area contributed by atoms with E-state index in [1.54, 1.807) is 35.1 Å². The minimum absolute atomic E-state index is 0.115. The highest BCUT2D eigenvalue weighted by Gasteiger charge is 2.21. The van der Waals surface area contributed by atoms with Crippen molar-refractivity contribution >= 4 is 23.6 Å². The minimum atomic E-state index is -0.115. The van der Waals surface area contributed by atoms with Gasteiger partial charge in [0.1, 0.15) is 0 Å². The van der Waals surface area contributed by atoms with Crippen molar-refractivity contribution in [3.05, 3.63) is 71.3 Å². The monoisotopic (exact) mass is 359 g/mol. The van der Waals surface area contributed by atoms with Gasteiger partial charge in [-0.05, 0) is 47.9 Å². The largest absolute Gasteiger partial charge is 0.338 e. The first kappa shape index (κ1) is 18.4. The molecule has 27 heavy (non-hydrogen) atoms. The number of carbonyl (C=O) groups excluding carboxylic acids is 2. The summed E-state index contributed by atoms with van der Waals surface area (Å²) in [6.07, 6.45) is 4.81. The van der Waals surface area contributed by atoms with Gasteiger partial charge >= 0.3 is 0 Å². The van der Waals surface area contributed by atoms with Crippen molar-refractivity contribution in [3.63, 3.8) is 0 Å². The van der Waals surface area contributed by atoms with E-state index in [2.05, 4.69) is 6.07 Å². The smallest absolute Gasteiger partial charge is 0.246 e. The van der Waals surface area contributed by atoms with Gasteiger partial charge in [0.15, 0.2) is 0 Å². The van der Waals surface area contributed by atoms with E-state index in [0.717, 1.165) is 29.8 Å². The highest BCUT2D eigenvalue weighted by Crippen LogP contribution is 2.22. The molecule has 1 fully saturated rings. The molecule has 2 aromatic rings. The first-order valence-corrected chi connectivity index (χ1v) is 8.89. The van der Waals surface area contributed by atoms with Crippen LogP contribution in [-0.2, 0) is 16.1 Å². The van der Waals surface area contributed by atoms with Crippen molar-refractivity contribution in [2.24, 2.45) is 0 Å². The van der Waals surface area contributed by atoms with Crippen LogP contribution in [0.5, 0.6) is 0 Å². The second-order valence-corrected chi connectivity index (χ2v) is 6.58. The van der Waals surface area contributed by atoms with Gasteiger partial charge in [0.25, 0.3) is 0 Å². The Hall–Kier alpha value is -3.39. The van der Waals surface area contributed by atoms with Gasteiger partial charge in [-0.1, -0.05) is 24.3 Å². The Bertz CT molecular complexity index is 910. The van der Waals surface area contributed by atoms with Crippen LogP contribution in [0.25, 0.3) is 6.08 Å². The van der Waals surface area contributed by atoms with E-state index < -0.39 is 0 Å². The molecule has 1 aliphatic heterocycles. The van der Waals surface area contributed by atoms with Crippen LogP contribution in [0.3, 0.4) is 0 Å². The van der Waals surface area contributed by atoms with Crippen molar-refractivity contribution in [2.45, 2.75) is 19.4 Å². The van der Waals surface area contributed by atoms with Gasteiger partial charge in [0.05, 0.1) is 11.6 Å². The molecule has 0 aromatic heterocycles. The van der Waals surface area contributed by atoms with Crippen molar-refractivity contribution < 1.29 is 9.59 Å². The summed E-state index contributed by atoms with van der Waals surface area (Å²) >= 11 is 0. The van der Waals surface area contributed by atoms with E-state index in [-0.39, 0.29) is 11.8 Å². The molecule has 1 aliphatic rings. The molecule has 0 bridgehead atoms. The molecule has 1 saturated heterocycles. The molecule has 136 valence electrons. The number of hydrogen-bond acceptors (Lipinski definition) is 3. The predicted molar refractivity (Wildman–Crippen MR) is 105 cm³/mol. The highest BCUT2D eigenvalue weighted by atomic mass is 16.2. The Balaban J connectivity index is 1.60. The Morgan fingerprint density at radius 1 is 1.26 bits per heavy atom. The summed E-state index contributed by atoms with van der Waals surface area (Å²) in [6.45, 7) is 1.21. The number of benzene rings is 2. The van der Waals surface area contributed by atoms with Crippen LogP contribution in [0.2, 0.25) is 0 Å². The van der Waals surface area contributed by atoms with Crippen LogP contribution >= 0.6 is 0 Å². The first-order valence-electron chi connectivity index (χ1n) is 8.89. The van der Waals surface area contributed by atoms with Crippen molar-refractivity contribution in [1.82, 2.24) is 4.90 Å². The lowest BCUT2D eigenvalue weighted by Gasteiger charge is -2.16. The normalized spacial score (nSPS) is 13.8. The van der Waals surface area contributed by atoms with E-state index in [1.807, 2.05) is 36.4 Å². The Kier molecular flexibility index (Phi) is 5.68. The average molecular weight is 359 g/mol. The van der Waals surface area contributed by atoms with Gasteiger partial charge in [0, 0.05) is 38.3 Å². The minimum Gasteiger partial charge on any atom is -0.338 e. The van der Waals surface area contributed by atoms with Gasteiger partial charge in [-0.15, -0.1) is 0 Å². The molecule has 0 spiro atoms. The number of amides is 2. The summed E-state index contributed by atoms with van der Waals surface area (Å²) in [7, 11) is 1.73. The van der Waals surface area contributed by atoms with Crippen molar-refractivity contribution in [1.29, 1.82) is 5.26 Å². The molecular weight excluding hydrogens is 338 g/mol. The maximum atomic E-state index is 12.3. The SMILES string of the molecule is CN(Cc1cccc(C#N)c1)C(=O)/C=C/c1ccc(N2CCCC2=O)cc1. The van der Waals surface area contributed by atoms with E-state index in [0.29, 0.717) is 18.5 Å². The van der Waals surface area contributed by atoms with Crippen LogP contribution in [0, 0.1) is 11.3 Å². The molecule has 2 amide bonds. The van der Waals surface area contributed by atoms with Gasteiger partial charge < -0.3 is 9.80 Å². The van der Waals surface area contributed by atoms with Crippen LogP contribution in [-0.4, -0.2) is 30.3 Å². The van der Waals surface area contributed by atoms with E-state index in [9.17, 15) is 9.59 Å². The summed E-state index contributed by atoms with van der Waals surface area (Å²) in [6, 6.07) is 17.0. The number of carbonyl (C=O) groups is 2. The second kappa shape index (κ2) is 8.33. The fraction of sp³-hybridized carbons (Fsp3) is 0.227. The Morgan fingerprint density at radius 2 is 2.04 bits per heavy atom. The quantitative estimate of drug-likeness (QED) is 0.769. The lowest BCUT2D eigenvalue weighted by molar-refractivity contribution is -0.125. The standard InChI is InChI=1S/C22H21N3O2/c1-24(16-19-5-2-4-18(14-19)15-23)21(26)12-9-17-7-10-20(11-8-17)25-13-3-6-22(25)27/h2,4-5,7-12,14H,3,6,13,16H2,1H3/b12-9+. The summed E-state index contributed by atoms with van der Waals surface area (Å²) < 4.78 is 0. The third-order valence-corrected chi connectivity index (χ3v) is 4.55. The molecule has 0 atom stereocenters. The van der Waals surface area contributed by atoms with Gasteiger partial charge in [-0.3, -0.25) is 9.59 Å². The zero-order valence-electron chi connectivity index (χ0n) is 15.3. The topological polar surface area (TPSA) is 64.4 Å². The Morgan fingerprint density at radius 3 is 2.70 bits per heavy atom. The zero-order valence-corrected chi connectivity index (χ0v) is 15.3. The molecule has 0 saturated carbocycles. The van der Waals surface area contributed by atoms with Crippen molar-refractivity contribution in [2.75, 3.05) is 18.5 Å². The number of hydrogen-bond donors (Lipinski definition) is 0. The molecule has 5 heteroatoms. The molecule has 0 aliphatic carbocycles. The zero-order chi connectivity index (χ0) is 19.2. The summed E-state index contributed by atoms with van der Waals surface area (Å²) in [5, 5.41) is 8.96. The number of nitriles is 1. The average Bonchev–Trinajstić information content (AvgIpc) is 3.12. The molecule has 1 heterocycles. The van der Waals surface area contributed by atoms with E-state index >= 15 is 0 Å². The molecule has 2 aromatic carbocycles. The lowest BCUT2D eigenvalue weighted by atomic mass is 10.1. The summed E-state index contributed by atoms with van der Waals surface area (Å²) in [4.78, 5) is 27.5. The molecule has 0 radical (unpaired) electrons. The van der Waals surface area contributed by atoms with Crippen LogP contribution in [0.1, 0.15) is 29.5 Å². The fourth-order valence-electron chi connectivity index (χ4n) is 3.07. The second-order valence-electron chi connectivity index (χ2n) is 6.58. The van der Waals surface area contributed by atoms with Crippen molar-refractivity contribution in [3.8, 4) is 6.07 Å². The van der Waals surface area contributed by atoms with Gasteiger partial charge in [-0.25, -0.2) is 0 Å². The van der Waals surface area contributed by atoms with Crippen LogP contribution in [0.15, 0.2) is 54.6 Å². The molecule has 0 N–H and O–H groups in total. The third kappa shape index (κ3) is 4.62. The van der Waals surface area contributed by atoms with Gasteiger partial charge in [-0.2, -0.15) is 5.26 Å². The highest BCUT2D eigenvalue weighted by molar-refractivity contribution is 5.95. The van der Waals surface area contributed by atoms with Crippen LogP contribution in [0.4, 0.5) is 5.69 Å². The van der Waals surface area contributed by atoms with E-state index in [1.165, 1.54) is 6.08 Å². The van der Waals surface area contributed by atoms with Crippen LogP contribution < -0.4 is 4.90 Å².